The molecule has 4 rings (SSSR count). The molecule has 31 heavy (non-hydrogen) atoms. The number of nitrogens with one attached hydrogen (secondary N) is 2. The SMILES string of the molecule is O=C(NCCc1ccc(Cl)cc1)C1CCCN(C(=O)c2cc(-c3cccnc3)n[nH]2)C1. The molecule has 3 heterocycles. The smallest absolute Gasteiger partial charge is 0.271 e. The molecule has 1 atom stereocenters. The molecule has 1 aliphatic heterocycles. The first-order valence-corrected chi connectivity index (χ1v) is 10.7. The maximum absolute atomic E-state index is 12.9. The minimum Gasteiger partial charge on any atom is -0.355 e. The van der Waals surface area contributed by atoms with Gasteiger partial charge >= 0.3 is 0 Å². The van der Waals surface area contributed by atoms with Gasteiger partial charge in [0.15, 0.2) is 0 Å². The largest absolute Gasteiger partial charge is 0.355 e. The number of piperidine rings is 1. The van der Waals surface area contributed by atoms with Crippen molar-refractivity contribution in [2.45, 2.75) is 19.3 Å². The van der Waals surface area contributed by atoms with E-state index in [4.69, 9.17) is 11.6 Å². The Morgan fingerprint density at radius 2 is 2.06 bits per heavy atom. The fourth-order valence-corrected chi connectivity index (χ4v) is 3.89. The molecule has 1 unspecified atom stereocenters. The minimum absolute atomic E-state index is 0.00729. The maximum atomic E-state index is 12.9. The van der Waals surface area contributed by atoms with Crippen LogP contribution in [0.1, 0.15) is 28.9 Å². The van der Waals surface area contributed by atoms with Gasteiger partial charge in [-0.25, -0.2) is 0 Å². The fraction of sp³-hybridized carbons (Fsp3) is 0.304. The molecule has 0 saturated carbocycles. The van der Waals surface area contributed by atoms with Crippen molar-refractivity contribution in [3.8, 4) is 11.3 Å². The Morgan fingerprint density at radius 3 is 2.84 bits per heavy atom. The zero-order valence-corrected chi connectivity index (χ0v) is 17.8. The number of hydrogen-bond acceptors (Lipinski definition) is 4. The normalized spacial score (nSPS) is 16.2. The molecule has 8 heteroatoms. The molecule has 0 aliphatic carbocycles. The van der Waals surface area contributed by atoms with Crippen molar-refractivity contribution in [3.05, 3.63) is 71.1 Å². The van der Waals surface area contributed by atoms with E-state index in [1.165, 1.54) is 0 Å². The number of hydrogen-bond donors (Lipinski definition) is 2. The lowest BCUT2D eigenvalue weighted by molar-refractivity contribution is -0.126. The van der Waals surface area contributed by atoms with Gasteiger partial charge in [0.05, 0.1) is 11.6 Å². The quantitative estimate of drug-likeness (QED) is 0.618. The Morgan fingerprint density at radius 1 is 1.23 bits per heavy atom. The van der Waals surface area contributed by atoms with E-state index in [9.17, 15) is 9.59 Å². The van der Waals surface area contributed by atoms with E-state index in [2.05, 4.69) is 20.5 Å². The van der Waals surface area contributed by atoms with Crippen molar-refractivity contribution in [3.63, 3.8) is 0 Å². The monoisotopic (exact) mass is 437 g/mol. The van der Waals surface area contributed by atoms with Gasteiger partial charge in [-0.1, -0.05) is 23.7 Å². The Labute approximate surface area is 185 Å². The zero-order chi connectivity index (χ0) is 21.6. The molecule has 1 saturated heterocycles. The van der Waals surface area contributed by atoms with Crippen LogP contribution in [0.3, 0.4) is 0 Å². The molecular weight excluding hydrogens is 414 g/mol. The van der Waals surface area contributed by atoms with E-state index in [0.717, 1.165) is 30.4 Å². The number of halogens is 1. The minimum atomic E-state index is -0.205. The summed E-state index contributed by atoms with van der Waals surface area (Å²) in [5, 5.41) is 10.8. The topological polar surface area (TPSA) is 91.0 Å². The number of aromatic amines is 1. The van der Waals surface area contributed by atoms with Crippen LogP contribution in [-0.4, -0.2) is 51.5 Å². The van der Waals surface area contributed by atoms with E-state index in [0.29, 0.717) is 36.0 Å². The highest BCUT2D eigenvalue weighted by Gasteiger charge is 2.29. The molecule has 3 aromatic rings. The summed E-state index contributed by atoms with van der Waals surface area (Å²) in [5.41, 5.74) is 3.05. The molecule has 2 aromatic heterocycles. The molecule has 1 fully saturated rings. The highest BCUT2D eigenvalue weighted by Crippen LogP contribution is 2.21. The van der Waals surface area contributed by atoms with Crippen molar-refractivity contribution in [2.24, 2.45) is 5.92 Å². The molecule has 0 radical (unpaired) electrons. The number of rotatable bonds is 6. The summed E-state index contributed by atoms with van der Waals surface area (Å²) in [5.74, 6) is -0.350. The summed E-state index contributed by atoms with van der Waals surface area (Å²) in [6.45, 7) is 1.60. The molecule has 7 nitrogen and oxygen atoms in total. The zero-order valence-electron chi connectivity index (χ0n) is 17.1. The van der Waals surface area contributed by atoms with Crippen molar-refractivity contribution in [1.82, 2.24) is 25.4 Å². The van der Waals surface area contributed by atoms with E-state index < -0.39 is 0 Å². The summed E-state index contributed by atoms with van der Waals surface area (Å²) in [6, 6.07) is 13.1. The van der Waals surface area contributed by atoms with Crippen molar-refractivity contribution >= 4 is 23.4 Å². The lowest BCUT2D eigenvalue weighted by atomic mass is 9.96. The van der Waals surface area contributed by atoms with Crippen molar-refractivity contribution < 1.29 is 9.59 Å². The molecule has 0 spiro atoms. The standard InChI is InChI=1S/C23H24ClN5O2/c24-19-7-5-16(6-8-19)9-11-26-22(30)18-4-2-12-29(15-18)23(31)21-13-20(27-28-21)17-3-1-10-25-14-17/h1,3,5-8,10,13-14,18H,2,4,9,11-12,15H2,(H,26,30)(H,27,28). The average Bonchev–Trinajstić information content (AvgIpc) is 3.31. The van der Waals surface area contributed by atoms with Crippen LogP contribution in [0, 0.1) is 5.92 Å². The summed E-state index contributed by atoms with van der Waals surface area (Å²) in [4.78, 5) is 31.4. The van der Waals surface area contributed by atoms with Gasteiger partial charge in [-0.3, -0.25) is 19.7 Å². The van der Waals surface area contributed by atoms with Gasteiger partial charge in [-0.2, -0.15) is 5.10 Å². The van der Waals surface area contributed by atoms with Crippen LogP contribution in [0.2, 0.25) is 5.02 Å². The van der Waals surface area contributed by atoms with E-state index in [1.807, 2.05) is 36.4 Å². The van der Waals surface area contributed by atoms with Gasteiger partial charge in [0.2, 0.25) is 5.91 Å². The number of amides is 2. The molecule has 2 N–H and O–H groups in total. The summed E-state index contributed by atoms with van der Waals surface area (Å²) in [7, 11) is 0. The lowest BCUT2D eigenvalue weighted by Gasteiger charge is -2.31. The second-order valence-electron chi connectivity index (χ2n) is 7.67. The van der Waals surface area contributed by atoms with Gasteiger partial charge in [0.1, 0.15) is 5.69 Å². The van der Waals surface area contributed by atoms with Gasteiger partial charge in [-0.15, -0.1) is 0 Å². The second-order valence-corrected chi connectivity index (χ2v) is 8.10. The second kappa shape index (κ2) is 9.75. The summed E-state index contributed by atoms with van der Waals surface area (Å²) >= 11 is 5.90. The molecule has 0 bridgehead atoms. The number of benzene rings is 1. The van der Waals surface area contributed by atoms with Crippen LogP contribution in [0.4, 0.5) is 0 Å². The average molecular weight is 438 g/mol. The molecule has 1 aromatic carbocycles. The van der Waals surface area contributed by atoms with E-state index in [1.54, 1.807) is 23.4 Å². The third-order valence-corrected chi connectivity index (χ3v) is 5.72. The number of aromatic nitrogens is 3. The summed E-state index contributed by atoms with van der Waals surface area (Å²) < 4.78 is 0. The number of likely N-dealkylation sites (tertiary alicyclic amines) is 1. The van der Waals surface area contributed by atoms with Crippen LogP contribution < -0.4 is 5.32 Å². The Bertz CT molecular complexity index is 1040. The Balaban J connectivity index is 1.31. The highest BCUT2D eigenvalue weighted by atomic mass is 35.5. The highest BCUT2D eigenvalue weighted by molar-refractivity contribution is 6.30. The van der Waals surface area contributed by atoms with Crippen molar-refractivity contribution in [2.75, 3.05) is 19.6 Å². The first kappa shape index (κ1) is 21.1. The van der Waals surface area contributed by atoms with Gasteiger partial charge in [-0.05, 0) is 55.2 Å². The van der Waals surface area contributed by atoms with Gasteiger partial charge in [0, 0.05) is 42.6 Å². The number of carbonyl (C=O) groups is 2. The lowest BCUT2D eigenvalue weighted by Crippen LogP contribution is -2.45. The third kappa shape index (κ3) is 5.30. The number of pyridine rings is 1. The predicted octanol–water partition coefficient (Wildman–Crippen LogP) is 3.34. The van der Waals surface area contributed by atoms with Crippen LogP contribution in [0.5, 0.6) is 0 Å². The molecule has 160 valence electrons. The molecule has 2 amide bonds. The molecular formula is C23H24ClN5O2. The van der Waals surface area contributed by atoms with Crippen LogP contribution in [0.15, 0.2) is 54.9 Å². The van der Waals surface area contributed by atoms with Crippen LogP contribution >= 0.6 is 11.6 Å². The third-order valence-electron chi connectivity index (χ3n) is 5.47. The van der Waals surface area contributed by atoms with E-state index in [-0.39, 0.29) is 17.7 Å². The van der Waals surface area contributed by atoms with Crippen LogP contribution in [-0.2, 0) is 11.2 Å². The molecule has 1 aliphatic rings. The Hall–Kier alpha value is -3.19. The first-order valence-electron chi connectivity index (χ1n) is 10.4. The van der Waals surface area contributed by atoms with Crippen LogP contribution in [0.25, 0.3) is 11.3 Å². The predicted molar refractivity (Wildman–Crippen MR) is 119 cm³/mol. The van der Waals surface area contributed by atoms with E-state index >= 15 is 0 Å². The first-order chi connectivity index (χ1) is 15.1. The fourth-order valence-electron chi connectivity index (χ4n) is 3.76. The number of carbonyl (C=O) groups excluding carboxylic acids is 2. The Kier molecular flexibility index (Phi) is 6.62. The van der Waals surface area contributed by atoms with Gasteiger partial charge < -0.3 is 10.2 Å². The van der Waals surface area contributed by atoms with Gasteiger partial charge in [0.25, 0.3) is 5.91 Å². The van der Waals surface area contributed by atoms with Crippen molar-refractivity contribution in [1.29, 1.82) is 0 Å². The summed E-state index contributed by atoms with van der Waals surface area (Å²) in [6.07, 6.45) is 5.71. The number of nitrogens with zero attached hydrogens (tertiary/aromatic N) is 3. The number of H-pyrrole nitrogens is 1. The maximum Gasteiger partial charge on any atom is 0.271 e.